The summed E-state index contributed by atoms with van der Waals surface area (Å²) in [4.78, 5) is 39.1. The van der Waals surface area contributed by atoms with E-state index < -0.39 is 24.0 Å². The van der Waals surface area contributed by atoms with Gasteiger partial charge in [0.15, 0.2) is 0 Å². The molecule has 2 aromatic rings. The number of anilines is 2. The van der Waals surface area contributed by atoms with Gasteiger partial charge in [0.05, 0.1) is 18.8 Å². The predicted octanol–water partition coefficient (Wildman–Crippen LogP) is 1.37. The molecule has 1 atom stereocenters. The number of rotatable bonds is 7. The van der Waals surface area contributed by atoms with E-state index in [1.54, 1.807) is 24.3 Å². The topological polar surface area (TPSA) is 151 Å². The molecule has 1 unspecified atom stereocenters. The molecule has 0 spiro atoms. The highest BCUT2D eigenvalue weighted by Gasteiger charge is 2.32. The van der Waals surface area contributed by atoms with Crippen molar-refractivity contribution in [3.05, 3.63) is 42.3 Å². The summed E-state index contributed by atoms with van der Waals surface area (Å²) in [5, 5.41) is 8.82. The SMILES string of the molecule is CC(=O)NCC1CN(c2ccc(-c3ccc(N/C=N\NC(N)=O)nc3)c(F)c2)C(=O)O1. The number of pyridine rings is 1. The number of cyclic esters (lactones) is 1. The van der Waals surface area contributed by atoms with Crippen LogP contribution in [0.15, 0.2) is 41.6 Å². The number of carbonyl (C=O) groups is 3. The van der Waals surface area contributed by atoms with Crippen LogP contribution in [0.5, 0.6) is 0 Å². The minimum absolute atomic E-state index is 0.188. The van der Waals surface area contributed by atoms with E-state index in [2.05, 4.69) is 20.7 Å². The third-order valence-corrected chi connectivity index (χ3v) is 4.24. The molecule has 12 heteroatoms. The first kappa shape index (κ1) is 21.5. The Morgan fingerprint density at radius 2 is 2.19 bits per heavy atom. The van der Waals surface area contributed by atoms with Crippen LogP contribution in [-0.2, 0) is 9.53 Å². The first-order chi connectivity index (χ1) is 14.8. The number of urea groups is 1. The van der Waals surface area contributed by atoms with E-state index in [1.165, 1.54) is 30.4 Å². The molecule has 11 nitrogen and oxygen atoms in total. The molecule has 2 heterocycles. The van der Waals surface area contributed by atoms with Crippen molar-refractivity contribution < 1.29 is 23.5 Å². The lowest BCUT2D eigenvalue weighted by molar-refractivity contribution is -0.119. The zero-order valence-electron chi connectivity index (χ0n) is 16.5. The molecule has 0 radical (unpaired) electrons. The summed E-state index contributed by atoms with van der Waals surface area (Å²) in [5.41, 5.74) is 8.06. The number of ether oxygens (including phenoxy) is 1. The number of nitrogens with one attached hydrogen (secondary N) is 3. The van der Waals surface area contributed by atoms with Gasteiger partial charge in [-0.2, -0.15) is 5.10 Å². The van der Waals surface area contributed by atoms with Crippen LogP contribution in [0.3, 0.4) is 0 Å². The largest absolute Gasteiger partial charge is 0.442 e. The van der Waals surface area contributed by atoms with Gasteiger partial charge in [-0.05, 0) is 30.3 Å². The third kappa shape index (κ3) is 5.65. The highest BCUT2D eigenvalue weighted by molar-refractivity contribution is 5.90. The number of carbonyl (C=O) groups excluding carboxylic acids is 3. The minimum atomic E-state index is -0.800. The molecule has 1 aliphatic rings. The van der Waals surface area contributed by atoms with Crippen molar-refractivity contribution >= 4 is 35.9 Å². The molecule has 0 saturated carbocycles. The van der Waals surface area contributed by atoms with Gasteiger partial charge < -0.3 is 21.1 Å². The zero-order chi connectivity index (χ0) is 22.4. The van der Waals surface area contributed by atoms with Crippen LogP contribution in [0, 0.1) is 5.82 Å². The highest BCUT2D eigenvalue weighted by Crippen LogP contribution is 2.29. The van der Waals surface area contributed by atoms with E-state index in [4.69, 9.17) is 10.5 Å². The smallest absolute Gasteiger partial charge is 0.414 e. The number of nitrogens with zero attached hydrogens (tertiary/aromatic N) is 3. The minimum Gasteiger partial charge on any atom is -0.442 e. The summed E-state index contributed by atoms with van der Waals surface area (Å²) in [6.07, 6.45) is 1.54. The number of hydrogen-bond acceptors (Lipinski definition) is 6. The Morgan fingerprint density at radius 1 is 1.39 bits per heavy atom. The first-order valence-electron chi connectivity index (χ1n) is 9.15. The second-order valence-electron chi connectivity index (χ2n) is 6.53. The molecule has 0 bridgehead atoms. The Bertz CT molecular complexity index is 1010. The maximum atomic E-state index is 14.7. The summed E-state index contributed by atoms with van der Waals surface area (Å²) >= 11 is 0. The molecule has 1 aromatic heterocycles. The highest BCUT2D eigenvalue weighted by atomic mass is 19.1. The Balaban J connectivity index is 1.67. The number of primary amides is 1. The van der Waals surface area contributed by atoms with Crippen LogP contribution in [0.2, 0.25) is 0 Å². The normalized spacial score (nSPS) is 15.6. The van der Waals surface area contributed by atoms with Crippen LogP contribution < -0.4 is 26.7 Å². The fourth-order valence-corrected chi connectivity index (χ4v) is 2.84. The van der Waals surface area contributed by atoms with Gasteiger partial charge in [0, 0.05) is 24.2 Å². The Labute approximate surface area is 176 Å². The van der Waals surface area contributed by atoms with Crippen molar-refractivity contribution in [1.82, 2.24) is 15.7 Å². The van der Waals surface area contributed by atoms with E-state index in [0.29, 0.717) is 22.6 Å². The van der Waals surface area contributed by atoms with Gasteiger partial charge in [0.25, 0.3) is 0 Å². The molecule has 1 fully saturated rings. The molecule has 31 heavy (non-hydrogen) atoms. The second kappa shape index (κ2) is 9.52. The van der Waals surface area contributed by atoms with Crippen molar-refractivity contribution in [2.24, 2.45) is 10.8 Å². The number of hydrazone groups is 1. The lowest BCUT2D eigenvalue weighted by Gasteiger charge is -2.14. The van der Waals surface area contributed by atoms with E-state index >= 15 is 0 Å². The van der Waals surface area contributed by atoms with Crippen LogP contribution in [0.4, 0.5) is 25.5 Å². The van der Waals surface area contributed by atoms with Crippen molar-refractivity contribution in [2.45, 2.75) is 13.0 Å². The molecule has 4 amide bonds. The van der Waals surface area contributed by atoms with Crippen molar-refractivity contribution in [3.8, 4) is 11.1 Å². The average Bonchev–Trinajstić information content (AvgIpc) is 3.11. The quantitative estimate of drug-likeness (QED) is 0.296. The van der Waals surface area contributed by atoms with E-state index in [-0.39, 0.29) is 19.0 Å². The molecule has 162 valence electrons. The van der Waals surface area contributed by atoms with Crippen LogP contribution in [-0.4, -0.2) is 48.5 Å². The first-order valence-corrected chi connectivity index (χ1v) is 9.15. The molecule has 0 aliphatic carbocycles. The number of hydrogen-bond donors (Lipinski definition) is 4. The zero-order valence-corrected chi connectivity index (χ0v) is 16.5. The fourth-order valence-electron chi connectivity index (χ4n) is 2.84. The maximum Gasteiger partial charge on any atom is 0.414 e. The summed E-state index contributed by atoms with van der Waals surface area (Å²) < 4.78 is 19.9. The average molecular weight is 429 g/mol. The lowest BCUT2D eigenvalue weighted by atomic mass is 10.1. The van der Waals surface area contributed by atoms with Crippen molar-refractivity contribution in [3.63, 3.8) is 0 Å². The van der Waals surface area contributed by atoms with E-state index in [1.807, 2.05) is 5.43 Å². The van der Waals surface area contributed by atoms with E-state index in [0.717, 1.165) is 0 Å². The number of amides is 4. The van der Waals surface area contributed by atoms with Crippen molar-refractivity contribution in [2.75, 3.05) is 23.3 Å². The van der Waals surface area contributed by atoms with Crippen LogP contribution in [0.25, 0.3) is 11.1 Å². The number of benzene rings is 1. The number of nitrogens with two attached hydrogens (primary N) is 1. The molecule has 3 rings (SSSR count). The lowest BCUT2D eigenvalue weighted by Crippen LogP contribution is -2.33. The van der Waals surface area contributed by atoms with Gasteiger partial charge in [-0.1, -0.05) is 0 Å². The molecular formula is C19H20FN7O4. The summed E-state index contributed by atoms with van der Waals surface area (Å²) in [5.74, 6) is -0.347. The van der Waals surface area contributed by atoms with Gasteiger partial charge in [-0.15, -0.1) is 0 Å². The predicted molar refractivity (Wildman–Crippen MR) is 111 cm³/mol. The maximum absolute atomic E-state index is 14.7. The Kier molecular flexibility index (Phi) is 6.60. The third-order valence-electron chi connectivity index (χ3n) is 4.24. The molecule has 1 saturated heterocycles. The Hall–Kier alpha value is -4.22. The van der Waals surface area contributed by atoms with Gasteiger partial charge >= 0.3 is 12.1 Å². The van der Waals surface area contributed by atoms with Gasteiger partial charge in [0.2, 0.25) is 5.91 Å². The van der Waals surface area contributed by atoms with E-state index in [9.17, 15) is 18.8 Å². The summed E-state index contributed by atoms with van der Waals surface area (Å²) in [7, 11) is 0. The number of aromatic nitrogens is 1. The fraction of sp³-hybridized carbons (Fsp3) is 0.211. The van der Waals surface area contributed by atoms with Gasteiger partial charge in [-0.3, -0.25) is 9.69 Å². The van der Waals surface area contributed by atoms with Crippen LogP contribution >= 0.6 is 0 Å². The van der Waals surface area contributed by atoms with Gasteiger partial charge in [0.1, 0.15) is 24.1 Å². The summed E-state index contributed by atoms with van der Waals surface area (Å²) in [6.45, 7) is 1.76. The van der Waals surface area contributed by atoms with Crippen molar-refractivity contribution in [1.29, 1.82) is 0 Å². The summed E-state index contributed by atoms with van der Waals surface area (Å²) in [6, 6.07) is 6.84. The van der Waals surface area contributed by atoms with Crippen LogP contribution in [0.1, 0.15) is 6.92 Å². The molecule has 1 aromatic carbocycles. The molecule has 5 N–H and O–H groups in total. The number of halogens is 1. The Morgan fingerprint density at radius 3 is 2.84 bits per heavy atom. The van der Waals surface area contributed by atoms with Gasteiger partial charge in [-0.25, -0.2) is 24.4 Å². The second-order valence-corrected chi connectivity index (χ2v) is 6.53. The standard InChI is InChI=1S/C19H20FN7O4/c1-11(28)22-8-14-9-27(19(30)31-14)13-3-4-15(16(20)6-13)12-2-5-17(23-7-12)24-10-25-26-18(21)29/h2-7,10,14H,8-9H2,1H3,(H,22,28)(H3,21,26,29)(H,23,24,25). The molecule has 1 aliphatic heterocycles. The molecular weight excluding hydrogens is 409 g/mol. The monoisotopic (exact) mass is 429 g/mol.